The summed E-state index contributed by atoms with van der Waals surface area (Å²) in [5, 5.41) is 5.51. The van der Waals surface area contributed by atoms with Crippen LogP contribution in [0.25, 0.3) is 4.85 Å². The van der Waals surface area contributed by atoms with Crippen LogP contribution in [-0.4, -0.2) is 65.2 Å². The number of amides is 4. The molecule has 1 spiro atoms. The van der Waals surface area contributed by atoms with Crippen LogP contribution in [-0.2, 0) is 19.8 Å². The highest BCUT2D eigenvalue weighted by atomic mass is 19.1. The van der Waals surface area contributed by atoms with Gasteiger partial charge in [0.2, 0.25) is 11.8 Å². The van der Waals surface area contributed by atoms with Crippen molar-refractivity contribution in [3.05, 3.63) is 76.9 Å². The Morgan fingerprint density at radius 3 is 2.50 bits per heavy atom. The van der Waals surface area contributed by atoms with Crippen LogP contribution in [0.5, 0.6) is 0 Å². The van der Waals surface area contributed by atoms with Gasteiger partial charge >= 0.3 is 6.17 Å². The van der Waals surface area contributed by atoms with E-state index in [1.54, 1.807) is 24.3 Å². The molecule has 42 heavy (non-hydrogen) atoms. The average Bonchev–Trinajstić information content (AvgIpc) is 3.94. The second-order valence-corrected chi connectivity index (χ2v) is 12.0. The lowest BCUT2D eigenvalue weighted by molar-refractivity contribution is -0.146. The number of carbonyl (C=O) groups excluding carboxylic acids is 4. The van der Waals surface area contributed by atoms with Gasteiger partial charge in [-0.2, -0.15) is 0 Å². The number of hydrogen-bond acceptors (Lipinski definition) is 4. The zero-order chi connectivity index (χ0) is 32.1. The number of halogens is 1. The number of likely N-dealkylation sites (tertiary alicyclic amines) is 1. The van der Waals surface area contributed by atoms with Gasteiger partial charge in [0.1, 0.15) is 23.3 Å². The van der Waals surface area contributed by atoms with E-state index in [9.17, 15) is 23.6 Å². The molecule has 4 amide bonds. The normalized spacial score (nSPS) is 25.3. The van der Waals surface area contributed by atoms with Gasteiger partial charge in [-0.05, 0) is 60.6 Å². The highest BCUT2D eigenvalue weighted by Gasteiger charge is 2.59. The van der Waals surface area contributed by atoms with Crippen molar-refractivity contribution in [1.29, 1.82) is 0 Å². The number of carbonyl (C=O) groups is 4. The third-order valence-electron chi connectivity index (χ3n) is 8.95. The summed E-state index contributed by atoms with van der Waals surface area (Å²) in [6.07, 6.45) is 2.46. The van der Waals surface area contributed by atoms with Gasteiger partial charge in [-0.15, -0.1) is 0 Å². The Hall–Kier alpha value is -4.26. The number of nitrogens with one attached hydrogen (secondary N) is 2. The molecule has 0 unspecified atom stereocenters. The quantitative estimate of drug-likeness (QED) is 0.446. The maximum absolute atomic E-state index is 14.4. The largest absolute Gasteiger partial charge is 0.340 e. The Morgan fingerprint density at radius 1 is 1.14 bits per heavy atom. The van der Waals surface area contributed by atoms with Gasteiger partial charge in [0.25, 0.3) is 11.8 Å². The van der Waals surface area contributed by atoms with E-state index in [0.29, 0.717) is 16.2 Å². The molecular formula is C32H34FN5O4. The molecule has 6 rings (SSSR count). The van der Waals surface area contributed by atoms with Crippen LogP contribution in [0.15, 0.2) is 48.5 Å². The summed E-state index contributed by atoms with van der Waals surface area (Å²) in [6.45, 7) is 4.72. The smallest absolute Gasteiger partial charge is 0.302 e. The molecule has 0 aromatic heterocycles. The minimum atomic E-state index is -3.04. The fourth-order valence-corrected chi connectivity index (χ4v) is 6.21. The third-order valence-corrected chi connectivity index (χ3v) is 8.95. The van der Waals surface area contributed by atoms with Crippen molar-refractivity contribution < 1.29 is 27.7 Å². The standard InChI is InChI=1S/C32H34FN5O4/c1-34-27-17-32(23-5-3-4-6-24(23)36-31(32)42)18-38(27)30(41)26(16-20-9-10-20)37(2)29(40)25(15-19-7-8-19)35-28(39)21-11-13-22(33)14-12-21/h3-6,11-14,19-20,25-27H,7-10,15-18H2,2H3,(H,35,39)(H,36,42)/t25-,26-,27-,32-/m0/s1/i2D3. The van der Waals surface area contributed by atoms with Crippen LogP contribution in [0, 0.1) is 24.2 Å². The first-order chi connectivity index (χ1) is 21.4. The first-order valence-corrected chi connectivity index (χ1v) is 14.4. The Kier molecular flexibility index (Phi) is 6.30. The van der Waals surface area contributed by atoms with Crippen LogP contribution < -0.4 is 10.6 Å². The Balaban J connectivity index is 1.32. The first kappa shape index (κ1) is 24.3. The Bertz CT molecular complexity index is 1570. The molecule has 2 N–H and O–H groups in total. The summed E-state index contributed by atoms with van der Waals surface area (Å²) < 4.78 is 38.7. The number of nitrogens with zero attached hydrogens (tertiary/aromatic N) is 3. The van der Waals surface area contributed by atoms with Gasteiger partial charge < -0.3 is 15.5 Å². The van der Waals surface area contributed by atoms with E-state index in [2.05, 4.69) is 15.5 Å². The van der Waals surface area contributed by atoms with Crippen molar-refractivity contribution in [2.24, 2.45) is 11.8 Å². The summed E-state index contributed by atoms with van der Waals surface area (Å²) in [7, 11) is 0. The average molecular weight is 575 g/mol. The summed E-state index contributed by atoms with van der Waals surface area (Å²) >= 11 is 0. The molecule has 2 aromatic rings. The van der Waals surface area contributed by atoms with Crippen LogP contribution in [0.3, 0.4) is 0 Å². The molecule has 9 nitrogen and oxygen atoms in total. The lowest BCUT2D eigenvalue weighted by atomic mass is 9.80. The summed E-state index contributed by atoms with van der Waals surface area (Å²) in [4.78, 5) is 60.7. The molecule has 218 valence electrons. The van der Waals surface area contributed by atoms with E-state index >= 15 is 0 Å². The number of hydrogen-bond donors (Lipinski definition) is 2. The molecule has 0 radical (unpaired) electrons. The SMILES string of the molecule is [2H]C([2H])([2H])N(C(=O)[C@H](CC1CC1)NC(=O)c1ccc(F)cc1)[C@@H](CC1CC1)C(=O)N1C[C@]2(C[C@H]1[N+]#[C-])C(=O)Nc1ccccc12. The molecule has 1 saturated heterocycles. The van der Waals surface area contributed by atoms with Gasteiger partial charge in [-0.3, -0.25) is 28.9 Å². The number of rotatable bonds is 9. The second kappa shape index (κ2) is 10.9. The van der Waals surface area contributed by atoms with Gasteiger partial charge in [0, 0.05) is 28.9 Å². The second-order valence-electron chi connectivity index (χ2n) is 12.0. The maximum atomic E-state index is 14.4. The Labute approximate surface area is 248 Å². The number of para-hydroxylation sites is 1. The van der Waals surface area contributed by atoms with Gasteiger partial charge in [0.15, 0.2) is 0 Å². The number of benzene rings is 2. The summed E-state index contributed by atoms with van der Waals surface area (Å²) in [5.74, 6) is -3.01. The first-order valence-electron chi connectivity index (χ1n) is 15.9. The molecule has 3 fully saturated rings. The van der Waals surface area contributed by atoms with E-state index in [0.717, 1.165) is 37.8 Å². The zero-order valence-electron chi connectivity index (χ0n) is 26.0. The maximum Gasteiger partial charge on any atom is 0.302 e. The monoisotopic (exact) mass is 574 g/mol. The topological polar surface area (TPSA) is 103 Å². The number of likely N-dealkylation sites (N-methyl/N-ethyl adjacent to an activating group) is 1. The molecule has 2 aliphatic carbocycles. The molecule has 0 bridgehead atoms. The lowest BCUT2D eigenvalue weighted by Gasteiger charge is -2.33. The number of anilines is 1. The Morgan fingerprint density at radius 2 is 1.83 bits per heavy atom. The summed E-state index contributed by atoms with van der Waals surface area (Å²) in [5.41, 5.74) is 0.218. The fourth-order valence-electron chi connectivity index (χ4n) is 6.21. The van der Waals surface area contributed by atoms with E-state index in [1.807, 2.05) is 0 Å². The van der Waals surface area contributed by atoms with Crippen molar-refractivity contribution >= 4 is 29.3 Å². The highest BCUT2D eigenvalue weighted by Crippen LogP contribution is 2.47. The van der Waals surface area contributed by atoms with Crippen LogP contribution in [0.4, 0.5) is 10.1 Å². The van der Waals surface area contributed by atoms with Gasteiger partial charge in [0.05, 0.1) is 6.42 Å². The van der Waals surface area contributed by atoms with Gasteiger partial charge in [-0.1, -0.05) is 43.9 Å². The zero-order valence-corrected chi connectivity index (χ0v) is 23.0. The van der Waals surface area contributed by atoms with E-state index < -0.39 is 54.2 Å². The van der Waals surface area contributed by atoms with Crippen molar-refractivity contribution in [2.75, 3.05) is 18.8 Å². The van der Waals surface area contributed by atoms with Crippen LogP contribution in [0.1, 0.15) is 65.0 Å². The third kappa shape index (κ3) is 5.24. The molecule has 2 heterocycles. The fraction of sp³-hybridized carbons (Fsp3) is 0.469. The highest BCUT2D eigenvalue weighted by molar-refractivity contribution is 6.07. The van der Waals surface area contributed by atoms with E-state index in [-0.39, 0.29) is 49.1 Å². The molecule has 2 aliphatic heterocycles. The molecule has 2 saturated carbocycles. The molecule has 10 heteroatoms. The van der Waals surface area contributed by atoms with Crippen molar-refractivity contribution in [3.8, 4) is 0 Å². The van der Waals surface area contributed by atoms with E-state index in [1.165, 1.54) is 17.0 Å². The molecule has 4 aliphatic rings. The van der Waals surface area contributed by atoms with Crippen molar-refractivity contribution in [2.45, 2.75) is 68.6 Å². The van der Waals surface area contributed by atoms with E-state index in [4.69, 9.17) is 10.7 Å². The molecular weight excluding hydrogens is 537 g/mol. The lowest BCUT2D eigenvalue weighted by Crippen LogP contribution is -2.56. The predicted molar refractivity (Wildman–Crippen MR) is 152 cm³/mol. The van der Waals surface area contributed by atoms with Gasteiger partial charge in [-0.25, -0.2) is 11.0 Å². The minimum absolute atomic E-state index is 0.0192. The minimum Gasteiger partial charge on any atom is -0.340 e. The summed E-state index contributed by atoms with van der Waals surface area (Å²) in [6, 6.07) is 9.21. The van der Waals surface area contributed by atoms with Crippen LogP contribution in [0.2, 0.25) is 0 Å². The van der Waals surface area contributed by atoms with Crippen LogP contribution >= 0.6 is 0 Å². The molecule has 4 atom stereocenters. The van der Waals surface area contributed by atoms with Crippen molar-refractivity contribution in [1.82, 2.24) is 15.1 Å². The van der Waals surface area contributed by atoms with Crippen molar-refractivity contribution in [3.63, 3.8) is 0 Å². The molecule has 2 aromatic carbocycles. The number of fused-ring (bicyclic) bond motifs is 2. The predicted octanol–water partition coefficient (Wildman–Crippen LogP) is 3.72.